The van der Waals surface area contributed by atoms with Crippen LogP contribution in [0.3, 0.4) is 0 Å². The van der Waals surface area contributed by atoms with E-state index in [-0.39, 0.29) is 5.88 Å². The Balaban J connectivity index is 5.08. The quantitative estimate of drug-likeness (QED) is 0.0828. The van der Waals surface area contributed by atoms with E-state index in [9.17, 15) is 13.0 Å². The minimum absolute atomic E-state index is 0.180. The van der Waals surface area contributed by atoms with Gasteiger partial charge in [0.05, 0.1) is 0 Å². The number of nitrogens with zero attached hydrogens (tertiary/aromatic N) is 1. The first kappa shape index (κ1) is 32.3. The molecule has 0 saturated carbocycles. The monoisotopic (exact) mass is 495 g/mol. The summed E-state index contributed by atoms with van der Waals surface area (Å²) >= 11 is 0. The second-order valence-corrected chi connectivity index (χ2v) is 16.3. The van der Waals surface area contributed by atoms with Crippen LogP contribution in [0, 0.1) is 0 Å². The van der Waals surface area contributed by atoms with Crippen molar-refractivity contribution in [1.82, 2.24) is 4.67 Å². The second-order valence-electron chi connectivity index (χ2n) is 10.2. The molecule has 0 fully saturated rings. The van der Waals surface area contributed by atoms with Crippen molar-refractivity contribution in [3.63, 3.8) is 0 Å². The van der Waals surface area contributed by atoms with Gasteiger partial charge < -0.3 is 0 Å². The molecule has 0 aliphatic carbocycles. The van der Waals surface area contributed by atoms with E-state index in [1.807, 2.05) is 7.05 Å². The van der Waals surface area contributed by atoms with Crippen molar-refractivity contribution in [2.45, 2.75) is 136 Å². The van der Waals surface area contributed by atoms with Crippen LogP contribution < -0.4 is 0 Å². The third kappa shape index (κ3) is 17.7. The molecule has 0 aromatic carbocycles. The molecule has 1 N–H and O–H groups in total. The van der Waals surface area contributed by atoms with E-state index >= 15 is 0 Å². The first-order chi connectivity index (χ1) is 15.3. The number of unbranched alkanes of at least 4 members (excludes halogenated alkanes) is 15. The van der Waals surface area contributed by atoms with Crippen LogP contribution in [0.15, 0.2) is 0 Å². The summed E-state index contributed by atoms with van der Waals surface area (Å²) in [6.45, 7) is 6.76. The summed E-state index contributed by atoms with van der Waals surface area (Å²) < 4.78 is 35.3. The van der Waals surface area contributed by atoms with E-state index in [1.54, 1.807) is 0 Å². The SMILES string of the molecule is CCCCCCCC[PH](CCCCCCCC)(CCCCCCCC)N(C)CS(=O)(=O)O. The first-order valence-electron chi connectivity index (χ1n) is 14.0. The molecule has 0 bridgehead atoms. The normalized spacial score (nSPS) is 13.2. The Morgan fingerprint density at radius 2 is 0.844 bits per heavy atom. The fraction of sp³-hybridized carbons (Fsp3) is 1.00. The number of rotatable bonds is 24. The molecule has 0 heterocycles. The molecule has 0 aliphatic heterocycles. The van der Waals surface area contributed by atoms with Gasteiger partial charge in [-0.2, -0.15) is 0 Å². The topological polar surface area (TPSA) is 57.6 Å². The molecule has 32 heavy (non-hydrogen) atoms. The molecule has 0 unspecified atom stereocenters. The third-order valence-electron chi connectivity index (χ3n) is 7.15. The zero-order valence-electron chi connectivity index (χ0n) is 22.2. The van der Waals surface area contributed by atoms with Crippen molar-refractivity contribution in [1.29, 1.82) is 0 Å². The Morgan fingerprint density at radius 3 is 1.12 bits per heavy atom. The average molecular weight is 496 g/mol. The van der Waals surface area contributed by atoms with Gasteiger partial charge in [0, 0.05) is 0 Å². The van der Waals surface area contributed by atoms with E-state index in [0.717, 1.165) is 0 Å². The Hall–Kier alpha value is 0.300. The van der Waals surface area contributed by atoms with Gasteiger partial charge in [-0.05, 0) is 0 Å². The molecule has 0 saturated heterocycles. The zero-order chi connectivity index (χ0) is 24.1. The van der Waals surface area contributed by atoms with Crippen LogP contribution >= 0.6 is 7.41 Å². The number of hydrogen-bond acceptors (Lipinski definition) is 3. The summed E-state index contributed by atoms with van der Waals surface area (Å²) in [5, 5.41) is 0. The molecule has 0 rings (SSSR count). The molecule has 6 heteroatoms. The average Bonchev–Trinajstić information content (AvgIpc) is 2.73. The predicted molar refractivity (Wildman–Crippen MR) is 147 cm³/mol. The molecule has 0 radical (unpaired) electrons. The van der Waals surface area contributed by atoms with E-state index in [2.05, 4.69) is 25.4 Å². The van der Waals surface area contributed by atoms with Gasteiger partial charge in [-0.3, -0.25) is 0 Å². The number of hydrogen-bond donors (Lipinski definition) is 1. The maximum atomic E-state index is 11.8. The van der Waals surface area contributed by atoms with Crippen molar-refractivity contribution in [2.75, 3.05) is 31.4 Å². The van der Waals surface area contributed by atoms with E-state index < -0.39 is 17.5 Å². The van der Waals surface area contributed by atoms with E-state index in [1.165, 1.54) is 134 Å². The van der Waals surface area contributed by atoms with Crippen molar-refractivity contribution in [3.8, 4) is 0 Å². The van der Waals surface area contributed by atoms with Crippen LogP contribution in [0.1, 0.15) is 136 Å². The molecule has 0 atom stereocenters. The van der Waals surface area contributed by atoms with Crippen molar-refractivity contribution in [3.05, 3.63) is 0 Å². The van der Waals surface area contributed by atoms with Gasteiger partial charge in [-0.1, -0.05) is 0 Å². The first-order valence-corrected chi connectivity index (χ1v) is 18.2. The van der Waals surface area contributed by atoms with Gasteiger partial charge in [0.2, 0.25) is 0 Å². The zero-order valence-corrected chi connectivity index (χ0v) is 24.0. The Kier molecular flexibility index (Phi) is 20.8. The van der Waals surface area contributed by atoms with Gasteiger partial charge in [-0.25, -0.2) is 0 Å². The summed E-state index contributed by atoms with van der Waals surface area (Å²) in [7, 11) is -3.90. The fourth-order valence-corrected chi connectivity index (χ4v) is 11.7. The summed E-state index contributed by atoms with van der Waals surface area (Å²) in [6.07, 6.45) is 26.7. The van der Waals surface area contributed by atoms with Gasteiger partial charge in [0.25, 0.3) is 0 Å². The summed E-state index contributed by atoms with van der Waals surface area (Å²) in [4.78, 5) is 0. The van der Waals surface area contributed by atoms with Gasteiger partial charge >= 0.3 is 203 Å². The third-order valence-corrected chi connectivity index (χ3v) is 13.7. The molecule has 0 aromatic rings. The molecular weight excluding hydrogens is 437 g/mol. The molecule has 4 nitrogen and oxygen atoms in total. The van der Waals surface area contributed by atoms with Crippen molar-refractivity contribution in [2.24, 2.45) is 0 Å². The summed E-state index contributed by atoms with van der Waals surface area (Å²) in [5.41, 5.74) is 0. The van der Waals surface area contributed by atoms with Crippen molar-refractivity contribution < 1.29 is 13.0 Å². The van der Waals surface area contributed by atoms with Gasteiger partial charge in [0.15, 0.2) is 0 Å². The standard InChI is InChI=1S/C26H58NO3PS/c1-5-8-11-14-17-20-23-31(27(4)26-32(28,29)30,24-21-18-15-12-9-6-2)25-22-19-16-13-10-7-3/h31H,5-26H2,1-4H3,(H,28,29,30). The molecule has 0 aromatic heterocycles. The van der Waals surface area contributed by atoms with Crippen LogP contribution in [0.2, 0.25) is 0 Å². The summed E-state index contributed by atoms with van der Waals surface area (Å²) in [6, 6.07) is 0. The van der Waals surface area contributed by atoms with E-state index in [0.29, 0.717) is 0 Å². The van der Waals surface area contributed by atoms with Crippen LogP contribution in [-0.2, 0) is 10.1 Å². The maximum absolute atomic E-state index is 11.8. The molecule has 196 valence electrons. The second kappa shape index (κ2) is 20.7. The van der Waals surface area contributed by atoms with Gasteiger partial charge in [-0.15, -0.1) is 0 Å². The Labute approximate surface area is 202 Å². The fourth-order valence-electron chi connectivity index (χ4n) is 5.03. The van der Waals surface area contributed by atoms with Crippen LogP contribution in [0.4, 0.5) is 0 Å². The van der Waals surface area contributed by atoms with Crippen LogP contribution in [-0.4, -0.2) is 49.1 Å². The van der Waals surface area contributed by atoms with E-state index in [4.69, 9.17) is 0 Å². The minimum atomic E-state index is -3.97. The van der Waals surface area contributed by atoms with Gasteiger partial charge in [0.1, 0.15) is 0 Å². The summed E-state index contributed by atoms with van der Waals surface area (Å²) in [5.74, 6) is -0.180. The van der Waals surface area contributed by atoms with Crippen molar-refractivity contribution >= 4 is 17.5 Å². The Morgan fingerprint density at radius 1 is 0.562 bits per heavy atom. The van der Waals surface area contributed by atoms with Crippen LogP contribution in [0.25, 0.3) is 0 Å². The predicted octanol–water partition coefficient (Wildman–Crippen LogP) is 8.51. The van der Waals surface area contributed by atoms with Crippen LogP contribution in [0.5, 0.6) is 0 Å². The molecular formula is C26H58NO3PS. The molecule has 0 spiro atoms. The molecule has 0 aliphatic rings. The Bertz CT molecular complexity index is 472. The molecule has 0 amide bonds.